The Hall–Kier alpha value is -1.42. The first kappa shape index (κ1) is 14.2. The van der Waals surface area contributed by atoms with Gasteiger partial charge in [0.1, 0.15) is 0 Å². The molecule has 4 rings (SSSR count). The van der Waals surface area contributed by atoms with Gasteiger partial charge in [0.15, 0.2) is 0 Å². The summed E-state index contributed by atoms with van der Waals surface area (Å²) in [6.45, 7) is 5.67. The van der Waals surface area contributed by atoms with E-state index in [2.05, 4.69) is 9.88 Å². The zero-order valence-electron chi connectivity index (χ0n) is 13.2. The minimum Gasteiger partial charge on any atom is -0.339 e. The van der Waals surface area contributed by atoms with E-state index < -0.39 is 0 Å². The molecule has 4 heteroatoms. The normalized spacial score (nSPS) is 24.8. The molecule has 0 aromatic carbocycles. The summed E-state index contributed by atoms with van der Waals surface area (Å²) in [5.41, 5.74) is 1.21. The van der Waals surface area contributed by atoms with Crippen LogP contribution in [-0.2, 0) is 0 Å². The van der Waals surface area contributed by atoms with Crippen LogP contribution < -0.4 is 0 Å². The van der Waals surface area contributed by atoms with Gasteiger partial charge in [0, 0.05) is 38.6 Å². The number of pyridine rings is 1. The number of piperidine rings is 1. The van der Waals surface area contributed by atoms with Crippen LogP contribution in [0.5, 0.6) is 0 Å². The average Bonchev–Trinajstić information content (AvgIpc) is 3.30. The van der Waals surface area contributed by atoms with E-state index in [0.29, 0.717) is 5.41 Å². The third kappa shape index (κ3) is 2.89. The number of nitrogens with zero attached hydrogens (tertiary/aromatic N) is 3. The maximum Gasteiger partial charge on any atom is 0.255 e. The van der Waals surface area contributed by atoms with Gasteiger partial charge in [-0.1, -0.05) is 0 Å². The van der Waals surface area contributed by atoms with E-state index in [1.54, 1.807) is 12.4 Å². The molecule has 22 heavy (non-hydrogen) atoms. The second-order valence-corrected chi connectivity index (χ2v) is 7.46. The van der Waals surface area contributed by atoms with Crippen LogP contribution in [0.4, 0.5) is 0 Å². The van der Waals surface area contributed by atoms with Crippen LogP contribution in [0.25, 0.3) is 0 Å². The van der Waals surface area contributed by atoms with Crippen molar-refractivity contribution in [1.29, 1.82) is 0 Å². The predicted molar refractivity (Wildman–Crippen MR) is 85.6 cm³/mol. The standard InChI is InChI=1S/C18H25N3O/c22-17(16-2-1-8-19-12-16)21-10-6-18(7-11-21)5-9-20(14-18)13-15-3-4-15/h1-2,8,12,15H,3-7,9-11,13-14H2. The van der Waals surface area contributed by atoms with Crippen molar-refractivity contribution < 1.29 is 4.79 Å². The highest BCUT2D eigenvalue weighted by molar-refractivity contribution is 5.93. The third-order valence-corrected chi connectivity index (χ3v) is 5.75. The van der Waals surface area contributed by atoms with Crippen LogP contribution >= 0.6 is 0 Å². The molecule has 3 fully saturated rings. The van der Waals surface area contributed by atoms with Crippen LogP contribution in [0.2, 0.25) is 0 Å². The van der Waals surface area contributed by atoms with Gasteiger partial charge in [-0.05, 0) is 62.1 Å². The first-order valence-corrected chi connectivity index (χ1v) is 8.66. The molecule has 1 aromatic heterocycles. The van der Waals surface area contributed by atoms with Crippen LogP contribution in [0.15, 0.2) is 24.5 Å². The Balaban J connectivity index is 1.33. The van der Waals surface area contributed by atoms with E-state index in [1.807, 2.05) is 17.0 Å². The highest BCUT2D eigenvalue weighted by Gasteiger charge is 2.42. The SMILES string of the molecule is O=C(c1cccnc1)N1CCC2(CCN(CC3CC3)C2)CC1. The minimum absolute atomic E-state index is 0.149. The number of hydrogen-bond acceptors (Lipinski definition) is 3. The van der Waals surface area contributed by atoms with Crippen LogP contribution in [-0.4, -0.2) is 53.4 Å². The summed E-state index contributed by atoms with van der Waals surface area (Å²) in [7, 11) is 0. The van der Waals surface area contributed by atoms with Gasteiger partial charge in [-0.15, -0.1) is 0 Å². The highest BCUT2D eigenvalue weighted by atomic mass is 16.2. The number of amides is 1. The highest BCUT2D eigenvalue weighted by Crippen LogP contribution is 2.42. The number of carbonyl (C=O) groups excluding carboxylic acids is 1. The summed E-state index contributed by atoms with van der Waals surface area (Å²) < 4.78 is 0. The number of carbonyl (C=O) groups is 1. The minimum atomic E-state index is 0.149. The van der Waals surface area contributed by atoms with E-state index in [4.69, 9.17) is 0 Å². The summed E-state index contributed by atoms with van der Waals surface area (Å²) in [5, 5.41) is 0. The Morgan fingerprint density at radius 1 is 1.23 bits per heavy atom. The van der Waals surface area contributed by atoms with E-state index in [1.165, 1.54) is 51.7 Å². The van der Waals surface area contributed by atoms with Gasteiger partial charge in [-0.25, -0.2) is 0 Å². The van der Waals surface area contributed by atoms with Crippen molar-refractivity contribution in [1.82, 2.24) is 14.8 Å². The summed E-state index contributed by atoms with van der Waals surface area (Å²) in [5.74, 6) is 1.14. The topological polar surface area (TPSA) is 36.4 Å². The van der Waals surface area contributed by atoms with Gasteiger partial charge in [0.2, 0.25) is 0 Å². The molecule has 1 amide bonds. The van der Waals surface area contributed by atoms with Gasteiger partial charge >= 0.3 is 0 Å². The van der Waals surface area contributed by atoms with Crippen molar-refractivity contribution in [2.75, 3.05) is 32.7 Å². The molecule has 1 aromatic rings. The molecular weight excluding hydrogens is 274 g/mol. The molecule has 1 aliphatic carbocycles. The molecule has 3 aliphatic rings. The molecule has 0 N–H and O–H groups in total. The largest absolute Gasteiger partial charge is 0.339 e. The van der Waals surface area contributed by atoms with Crippen LogP contribution in [0, 0.1) is 11.3 Å². The summed E-state index contributed by atoms with van der Waals surface area (Å²) in [6.07, 6.45) is 9.94. The second-order valence-electron chi connectivity index (χ2n) is 7.46. The van der Waals surface area contributed by atoms with Crippen LogP contribution in [0.1, 0.15) is 42.5 Å². The molecule has 118 valence electrons. The lowest BCUT2D eigenvalue weighted by atomic mass is 9.77. The van der Waals surface area contributed by atoms with Crippen molar-refractivity contribution in [2.24, 2.45) is 11.3 Å². The zero-order chi connectivity index (χ0) is 15.0. The molecule has 4 nitrogen and oxygen atoms in total. The number of rotatable bonds is 3. The number of likely N-dealkylation sites (tertiary alicyclic amines) is 2. The van der Waals surface area contributed by atoms with Gasteiger partial charge < -0.3 is 9.80 Å². The molecule has 0 unspecified atom stereocenters. The molecule has 3 heterocycles. The molecule has 0 radical (unpaired) electrons. The Bertz CT molecular complexity index is 533. The lowest BCUT2D eigenvalue weighted by molar-refractivity contribution is 0.0588. The van der Waals surface area contributed by atoms with Gasteiger partial charge in [-0.3, -0.25) is 9.78 Å². The molecule has 0 atom stereocenters. The fraction of sp³-hybridized carbons (Fsp3) is 0.667. The maximum absolute atomic E-state index is 12.5. The molecular formula is C18H25N3O. The second kappa shape index (κ2) is 5.65. The maximum atomic E-state index is 12.5. The third-order valence-electron chi connectivity index (χ3n) is 5.75. The van der Waals surface area contributed by atoms with Crippen molar-refractivity contribution in [3.63, 3.8) is 0 Å². The zero-order valence-corrected chi connectivity index (χ0v) is 13.2. The number of aromatic nitrogens is 1. The van der Waals surface area contributed by atoms with Gasteiger partial charge in [-0.2, -0.15) is 0 Å². The molecule has 2 aliphatic heterocycles. The van der Waals surface area contributed by atoms with E-state index >= 15 is 0 Å². The first-order valence-electron chi connectivity index (χ1n) is 8.66. The summed E-state index contributed by atoms with van der Waals surface area (Å²) >= 11 is 0. The first-order chi connectivity index (χ1) is 10.7. The lowest BCUT2D eigenvalue weighted by Gasteiger charge is -2.39. The Labute approximate surface area is 132 Å². The van der Waals surface area contributed by atoms with Crippen molar-refractivity contribution in [2.45, 2.75) is 32.1 Å². The molecule has 2 saturated heterocycles. The Kier molecular flexibility index (Phi) is 3.65. The average molecular weight is 299 g/mol. The fourth-order valence-electron chi connectivity index (χ4n) is 4.11. The smallest absolute Gasteiger partial charge is 0.255 e. The molecule has 0 bridgehead atoms. The lowest BCUT2D eigenvalue weighted by Crippen LogP contribution is -2.44. The van der Waals surface area contributed by atoms with Gasteiger partial charge in [0.25, 0.3) is 5.91 Å². The predicted octanol–water partition coefficient (Wildman–Crippen LogP) is 2.42. The summed E-state index contributed by atoms with van der Waals surface area (Å²) in [6, 6.07) is 3.71. The van der Waals surface area contributed by atoms with E-state index in [9.17, 15) is 4.79 Å². The monoisotopic (exact) mass is 299 g/mol. The van der Waals surface area contributed by atoms with Crippen molar-refractivity contribution in [3.8, 4) is 0 Å². The van der Waals surface area contributed by atoms with Crippen molar-refractivity contribution in [3.05, 3.63) is 30.1 Å². The Morgan fingerprint density at radius 2 is 2.00 bits per heavy atom. The molecule has 1 spiro atoms. The molecule has 1 saturated carbocycles. The van der Waals surface area contributed by atoms with Crippen molar-refractivity contribution >= 4 is 5.91 Å². The van der Waals surface area contributed by atoms with E-state index in [-0.39, 0.29) is 5.91 Å². The summed E-state index contributed by atoms with van der Waals surface area (Å²) in [4.78, 5) is 21.3. The quantitative estimate of drug-likeness (QED) is 0.860. The van der Waals surface area contributed by atoms with Gasteiger partial charge in [0.05, 0.1) is 5.56 Å². The van der Waals surface area contributed by atoms with Crippen LogP contribution in [0.3, 0.4) is 0 Å². The Morgan fingerprint density at radius 3 is 2.68 bits per heavy atom. The number of hydrogen-bond donors (Lipinski definition) is 0. The van der Waals surface area contributed by atoms with E-state index in [0.717, 1.165) is 24.6 Å². The fourth-order valence-corrected chi connectivity index (χ4v) is 4.11.